The smallest absolute Gasteiger partial charge is 0.243 e. The minimum Gasteiger partial charge on any atom is -0.395 e. The molecule has 0 bridgehead atoms. The Labute approximate surface area is 117 Å². The molecule has 1 heterocycles. The molecule has 2 aromatic rings. The van der Waals surface area contributed by atoms with Gasteiger partial charge in [-0.3, -0.25) is 0 Å². The molecule has 0 saturated heterocycles. The standard InChI is InChI=1S/C13H17N3O3S/c1-2-16(7-8-17)20(18,19)11-4-5-12-10(9-11)3-6-13(14)15-12/h3-6,9,17H,2,7-8H2,1H3,(H2,14,15). The highest BCUT2D eigenvalue weighted by Crippen LogP contribution is 2.21. The highest BCUT2D eigenvalue weighted by Gasteiger charge is 2.22. The number of nitrogens with zero attached hydrogens (tertiary/aromatic N) is 2. The van der Waals surface area contributed by atoms with Crippen LogP contribution in [0.5, 0.6) is 0 Å². The summed E-state index contributed by atoms with van der Waals surface area (Å²) in [4.78, 5) is 4.32. The quantitative estimate of drug-likeness (QED) is 0.851. The number of nitrogens with two attached hydrogens (primary N) is 1. The number of sulfonamides is 1. The van der Waals surface area contributed by atoms with Crippen molar-refractivity contribution in [3.05, 3.63) is 30.3 Å². The fraction of sp³-hybridized carbons (Fsp3) is 0.308. The highest BCUT2D eigenvalue weighted by molar-refractivity contribution is 7.89. The van der Waals surface area contributed by atoms with Crippen molar-refractivity contribution in [2.24, 2.45) is 0 Å². The Morgan fingerprint density at radius 2 is 2.05 bits per heavy atom. The third kappa shape index (κ3) is 2.74. The number of aliphatic hydroxyl groups is 1. The molecular weight excluding hydrogens is 278 g/mol. The van der Waals surface area contributed by atoms with Crippen molar-refractivity contribution in [1.29, 1.82) is 0 Å². The molecule has 0 spiro atoms. The van der Waals surface area contributed by atoms with E-state index in [-0.39, 0.29) is 18.0 Å². The maximum Gasteiger partial charge on any atom is 0.243 e. The minimum atomic E-state index is -3.60. The van der Waals surface area contributed by atoms with Crippen LogP contribution in [0.1, 0.15) is 6.92 Å². The van der Waals surface area contributed by atoms with E-state index < -0.39 is 10.0 Å². The van der Waals surface area contributed by atoms with Gasteiger partial charge in [0.05, 0.1) is 17.0 Å². The Morgan fingerprint density at radius 1 is 1.30 bits per heavy atom. The number of nitrogen functional groups attached to an aromatic ring is 1. The van der Waals surface area contributed by atoms with E-state index in [4.69, 9.17) is 10.8 Å². The van der Waals surface area contributed by atoms with Gasteiger partial charge in [-0.05, 0) is 30.3 Å². The molecule has 0 amide bonds. The number of rotatable bonds is 5. The first-order valence-electron chi connectivity index (χ1n) is 6.26. The van der Waals surface area contributed by atoms with E-state index in [1.807, 2.05) is 0 Å². The summed E-state index contributed by atoms with van der Waals surface area (Å²) in [5, 5.41) is 9.66. The Morgan fingerprint density at radius 3 is 2.70 bits per heavy atom. The van der Waals surface area contributed by atoms with Gasteiger partial charge in [0.15, 0.2) is 0 Å². The van der Waals surface area contributed by atoms with Gasteiger partial charge in [-0.25, -0.2) is 13.4 Å². The molecule has 108 valence electrons. The third-order valence-corrected chi connectivity index (χ3v) is 4.99. The third-order valence-electron chi connectivity index (χ3n) is 3.02. The first-order chi connectivity index (χ1) is 9.48. The zero-order chi connectivity index (χ0) is 14.8. The molecular formula is C13H17N3O3S. The molecule has 20 heavy (non-hydrogen) atoms. The lowest BCUT2D eigenvalue weighted by atomic mass is 10.2. The second-order valence-corrected chi connectivity index (χ2v) is 6.25. The predicted octanol–water partition coefficient (Wildman–Crippen LogP) is 0.820. The van der Waals surface area contributed by atoms with Crippen LogP contribution >= 0.6 is 0 Å². The van der Waals surface area contributed by atoms with Crippen LogP contribution in [0.15, 0.2) is 35.2 Å². The maximum absolute atomic E-state index is 12.4. The molecule has 1 aromatic heterocycles. The van der Waals surface area contributed by atoms with Crippen molar-refractivity contribution >= 4 is 26.7 Å². The Balaban J connectivity index is 2.49. The van der Waals surface area contributed by atoms with Gasteiger partial charge in [0.1, 0.15) is 5.82 Å². The summed E-state index contributed by atoms with van der Waals surface area (Å²) in [5.41, 5.74) is 6.24. The summed E-state index contributed by atoms with van der Waals surface area (Å²) in [6.45, 7) is 1.91. The summed E-state index contributed by atoms with van der Waals surface area (Å²) in [6.07, 6.45) is 0. The number of benzene rings is 1. The van der Waals surface area contributed by atoms with Crippen LogP contribution in [0.4, 0.5) is 5.82 Å². The lowest BCUT2D eigenvalue weighted by Crippen LogP contribution is -2.33. The van der Waals surface area contributed by atoms with E-state index in [1.165, 1.54) is 10.4 Å². The lowest BCUT2D eigenvalue weighted by molar-refractivity contribution is 0.257. The van der Waals surface area contributed by atoms with Crippen LogP contribution in [-0.4, -0.2) is 42.5 Å². The first kappa shape index (κ1) is 14.7. The molecule has 2 rings (SSSR count). The van der Waals surface area contributed by atoms with Gasteiger partial charge in [-0.15, -0.1) is 0 Å². The van der Waals surface area contributed by atoms with E-state index in [0.29, 0.717) is 23.3 Å². The van der Waals surface area contributed by atoms with Crippen molar-refractivity contribution in [3.63, 3.8) is 0 Å². The summed E-state index contributed by atoms with van der Waals surface area (Å²) in [6, 6.07) is 8.07. The van der Waals surface area contributed by atoms with E-state index in [9.17, 15) is 8.42 Å². The molecule has 6 nitrogen and oxygen atoms in total. The normalized spacial score (nSPS) is 12.2. The van der Waals surface area contributed by atoms with E-state index in [2.05, 4.69) is 4.98 Å². The molecule has 0 aliphatic rings. The predicted molar refractivity (Wildman–Crippen MR) is 77.7 cm³/mol. The summed E-state index contributed by atoms with van der Waals surface area (Å²) < 4.78 is 26.1. The van der Waals surface area contributed by atoms with Gasteiger partial charge in [-0.1, -0.05) is 6.92 Å². The average Bonchev–Trinajstić information content (AvgIpc) is 2.43. The molecule has 0 unspecified atom stereocenters. The van der Waals surface area contributed by atoms with Crippen molar-refractivity contribution in [2.45, 2.75) is 11.8 Å². The molecule has 3 N–H and O–H groups in total. The molecule has 0 atom stereocenters. The van der Waals surface area contributed by atoms with Crippen LogP contribution in [0, 0.1) is 0 Å². The van der Waals surface area contributed by atoms with Gasteiger partial charge in [-0.2, -0.15) is 4.31 Å². The Bertz CT molecular complexity index is 716. The number of aliphatic hydroxyl groups excluding tert-OH is 1. The van der Waals surface area contributed by atoms with Gasteiger partial charge in [0, 0.05) is 18.5 Å². The molecule has 0 aliphatic carbocycles. The second-order valence-electron chi connectivity index (χ2n) is 4.31. The fourth-order valence-corrected chi connectivity index (χ4v) is 3.46. The van der Waals surface area contributed by atoms with Crippen molar-refractivity contribution in [2.75, 3.05) is 25.4 Å². The highest BCUT2D eigenvalue weighted by atomic mass is 32.2. The van der Waals surface area contributed by atoms with Gasteiger partial charge >= 0.3 is 0 Å². The molecule has 0 saturated carbocycles. The molecule has 0 aliphatic heterocycles. The topological polar surface area (TPSA) is 96.5 Å². The van der Waals surface area contributed by atoms with Gasteiger partial charge in [0.25, 0.3) is 0 Å². The number of pyridine rings is 1. The van der Waals surface area contributed by atoms with E-state index >= 15 is 0 Å². The zero-order valence-corrected chi connectivity index (χ0v) is 12.0. The Hall–Kier alpha value is -1.70. The summed E-state index contributed by atoms with van der Waals surface area (Å²) >= 11 is 0. The maximum atomic E-state index is 12.4. The van der Waals surface area contributed by atoms with Crippen molar-refractivity contribution < 1.29 is 13.5 Å². The minimum absolute atomic E-state index is 0.0802. The van der Waals surface area contributed by atoms with Crippen LogP contribution in [0.3, 0.4) is 0 Å². The summed E-state index contributed by atoms with van der Waals surface area (Å²) in [5.74, 6) is 0.392. The summed E-state index contributed by atoms with van der Waals surface area (Å²) in [7, 11) is -3.60. The molecule has 0 radical (unpaired) electrons. The molecule has 1 aromatic carbocycles. The average molecular weight is 295 g/mol. The first-order valence-corrected chi connectivity index (χ1v) is 7.70. The van der Waals surface area contributed by atoms with Crippen molar-refractivity contribution in [1.82, 2.24) is 9.29 Å². The monoisotopic (exact) mass is 295 g/mol. The van der Waals surface area contributed by atoms with Crippen LogP contribution in [0.25, 0.3) is 10.9 Å². The number of aromatic nitrogens is 1. The van der Waals surface area contributed by atoms with Gasteiger partial charge < -0.3 is 10.8 Å². The van der Waals surface area contributed by atoms with Crippen LogP contribution in [0.2, 0.25) is 0 Å². The zero-order valence-electron chi connectivity index (χ0n) is 11.2. The largest absolute Gasteiger partial charge is 0.395 e. The molecule has 0 fully saturated rings. The SMILES string of the molecule is CCN(CCO)S(=O)(=O)c1ccc2nc(N)ccc2c1. The van der Waals surface area contributed by atoms with E-state index in [0.717, 1.165) is 0 Å². The van der Waals surface area contributed by atoms with Crippen molar-refractivity contribution in [3.8, 4) is 0 Å². The number of hydrogen-bond acceptors (Lipinski definition) is 5. The number of likely N-dealkylation sites (N-methyl/N-ethyl adjacent to an activating group) is 1. The number of anilines is 1. The number of fused-ring (bicyclic) bond motifs is 1. The lowest BCUT2D eigenvalue weighted by Gasteiger charge is -2.19. The molecule has 7 heteroatoms. The van der Waals surface area contributed by atoms with Gasteiger partial charge in [0.2, 0.25) is 10.0 Å². The van der Waals surface area contributed by atoms with Crippen LogP contribution in [-0.2, 0) is 10.0 Å². The van der Waals surface area contributed by atoms with E-state index in [1.54, 1.807) is 31.2 Å². The Kier molecular flexibility index (Phi) is 4.22. The van der Waals surface area contributed by atoms with Crippen LogP contribution < -0.4 is 5.73 Å². The fourth-order valence-electron chi connectivity index (χ4n) is 1.99. The second kappa shape index (κ2) is 5.74. The number of hydrogen-bond donors (Lipinski definition) is 2.